The topological polar surface area (TPSA) is 85.6 Å². The van der Waals surface area contributed by atoms with Crippen molar-refractivity contribution in [1.29, 1.82) is 0 Å². The first-order valence-corrected chi connectivity index (χ1v) is 6.85. The number of nitrogens with one attached hydrogen (secondary N) is 1. The van der Waals surface area contributed by atoms with Crippen LogP contribution in [0.4, 0.5) is 5.82 Å². The zero-order chi connectivity index (χ0) is 15.4. The molecule has 3 aromatic rings. The Kier molecular flexibility index (Phi) is 3.86. The van der Waals surface area contributed by atoms with Crippen molar-refractivity contribution in [2.24, 2.45) is 0 Å². The fourth-order valence-electron chi connectivity index (χ4n) is 1.88. The maximum Gasteiger partial charge on any atom is 0.225 e. The maximum absolute atomic E-state index is 11.6. The van der Waals surface area contributed by atoms with E-state index in [-0.39, 0.29) is 5.91 Å². The summed E-state index contributed by atoms with van der Waals surface area (Å²) in [5, 5.41) is 6.91. The summed E-state index contributed by atoms with van der Waals surface area (Å²) in [7, 11) is 0. The minimum Gasteiger partial charge on any atom is -0.311 e. The van der Waals surface area contributed by atoms with Crippen molar-refractivity contribution in [2.75, 3.05) is 5.32 Å². The van der Waals surface area contributed by atoms with E-state index in [1.807, 2.05) is 12.1 Å². The van der Waals surface area contributed by atoms with Crippen molar-refractivity contribution in [1.82, 2.24) is 24.7 Å². The molecule has 7 nitrogen and oxygen atoms in total. The number of hydrogen-bond acceptors (Lipinski definition) is 5. The molecule has 0 aliphatic heterocycles. The number of carbonyl (C=O) groups excluding carboxylic acids is 1. The highest BCUT2D eigenvalue weighted by molar-refractivity contribution is 5.89. The van der Waals surface area contributed by atoms with E-state index in [9.17, 15) is 4.79 Å². The number of hydrogen-bond donors (Lipinski definition) is 1. The molecular weight excluding hydrogens is 280 g/mol. The average molecular weight is 294 g/mol. The van der Waals surface area contributed by atoms with Gasteiger partial charge in [-0.25, -0.2) is 14.6 Å². The average Bonchev–Trinajstić information content (AvgIpc) is 3.10. The Balaban J connectivity index is 2.07. The molecule has 0 aliphatic rings. The summed E-state index contributed by atoms with van der Waals surface area (Å²) in [6.45, 7) is 1.78. The summed E-state index contributed by atoms with van der Waals surface area (Å²) in [6.07, 6.45) is 7.18. The van der Waals surface area contributed by atoms with Gasteiger partial charge in [0.2, 0.25) is 5.91 Å². The van der Waals surface area contributed by atoms with E-state index in [4.69, 9.17) is 0 Å². The van der Waals surface area contributed by atoms with Crippen LogP contribution in [0.3, 0.4) is 0 Å². The third kappa shape index (κ3) is 2.98. The van der Waals surface area contributed by atoms with Crippen LogP contribution in [0.5, 0.6) is 0 Å². The normalized spacial score (nSPS) is 10.4. The highest BCUT2D eigenvalue weighted by atomic mass is 16.1. The molecule has 110 valence electrons. The summed E-state index contributed by atoms with van der Waals surface area (Å²) in [4.78, 5) is 24.5. The van der Waals surface area contributed by atoms with Gasteiger partial charge in [0, 0.05) is 42.8 Å². The van der Waals surface area contributed by atoms with Gasteiger partial charge >= 0.3 is 0 Å². The van der Waals surface area contributed by atoms with Gasteiger partial charge in [0.15, 0.2) is 11.6 Å². The van der Waals surface area contributed by atoms with E-state index in [1.54, 1.807) is 48.5 Å². The zero-order valence-corrected chi connectivity index (χ0v) is 12.0. The van der Waals surface area contributed by atoms with E-state index in [0.717, 1.165) is 5.56 Å². The van der Waals surface area contributed by atoms with Gasteiger partial charge in [0.05, 0.1) is 0 Å². The SMILES string of the molecule is CCC(=O)Nc1cc(-n2cccn2)nc(-c2cccnc2)n1. The standard InChI is InChI=1S/C15H14N6O/c1-2-14(22)18-12-9-13(21-8-4-7-17-21)20-15(19-12)11-5-3-6-16-10-11/h3-10H,2H2,1H3,(H,18,19,20,22). The van der Waals surface area contributed by atoms with Crippen LogP contribution in [0.1, 0.15) is 13.3 Å². The van der Waals surface area contributed by atoms with Crippen LogP contribution in [0.15, 0.2) is 49.1 Å². The Hall–Kier alpha value is -3.09. The van der Waals surface area contributed by atoms with Crippen molar-refractivity contribution in [2.45, 2.75) is 13.3 Å². The molecular formula is C15H14N6O. The predicted molar refractivity (Wildman–Crippen MR) is 81.3 cm³/mol. The molecule has 0 fully saturated rings. The van der Waals surface area contributed by atoms with E-state index < -0.39 is 0 Å². The first-order chi connectivity index (χ1) is 10.8. The molecule has 0 aromatic carbocycles. The molecule has 0 unspecified atom stereocenters. The van der Waals surface area contributed by atoms with Crippen LogP contribution in [-0.2, 0) is 4.79 Å². The molecule has 0 radical (unpaired) electrons. The van der Waals surface area contributed by atoms with Gasteiger partial charge in [-0.2, -0.15) is 5.10 Å². The van der Waals surface area contributed by atoms with Gasteiger partial charge in [-0.05, 0) is 18.2 Å². The van der Waals surface area contributed by atoms with Crippen LogP contribution in [0, 0.1) is 0 Å². The molecule has 0 atom stereocenters. The van der Waals surface area contributed by atoms with E-state index in [2.05, 4.69) is 25.4 Å². The minimum atomic E-state index is -0.109. The van der Waals surface area contributed by atoms with Crippen LogP contribution in [0.2, 0.25) is 0 Å². The Morgan fingerprint density at radius 3 is 2.86 bits per heavy atom. The summed E-state index contributed by atoms with van der Waals surface area (Å²) >= 11 is 0. The Morgan fingerprint density at radius 2 is 2.18 bits per heavy atom. The second-order valence-corrected chi connectivity index (χ2v) is 4.53. The van der Waals surface area contributed by atoms with Gasteiger partial charge in [0.25, 0.3) is 0 Å². The molecule has 1 amide bonds. The third-order valence-electron chi connectivity index (χ3n) is 2.96. The number of pyridine rings is 1. The number of amides is 1. The molecule has 0 aliphatic carbocycles. The van der Waals surface area contributed by atoms with Crippen molar-refractivity contribution in [3.05, 3.63) is 49.1 Å². The Morgan fingerprint density at radius 1 is 1.27 bits per heavy atom. The fraction of sp³-hybridized carbons (Fsp3) is 0.133. The second kappa shape index (κ2) is 6.13. The number of rotatable bonds is 4. The lowest BCUT2D eigenvalue weighted by Gasteiger charge is -2.09. The molecule has 0 saturated carbocycles. The molecule has 7 heteroatoms. The van der Waals surface area contributed by atoms with Crippen LogP contribution in [-0.4, -0.2) is 30.6 Å². The van der Waals surface area contributed by atoms with Gasteiger partial charge in [-0.1, -0.05) is 6.92 Å². The highest BCUT2D eigenvalue weighted by Gasteiger charge is 2.10. The van der Waals surface area contributed by atoms with Gasteiger partial charge < -0.3 is 5.32 Å². The smallest absolute Gasteiger partial charge is 0.225 e. The molecule has 0 spiro atoms. The molecule has 22 heavy (non-hydrogen) atoms. The minimum absolute atomic E-state index is 0.109. The van der Waals surface area contributed by atoms with Gasteiger partial charge in [-0.15, -0.1) is 0 Å². The Labute approximate surface area is 127 Å². The lowest BCUT2D eigenvalue weighted by molar-refractivity contribution is -0.115. The molecule has 3 rings (SSSR count). The summed E-state index contributed by atoms with van der Waals surface area (Å²) in [5.41, 5.74) is 0.767. The molecule has 0 saturated heterocycles. The van der Waals surface area contributed by atoms with Crippen LogP contribution < -0.4 is 5.32 Å². The predicted octanol–water partition coefficient (Wildman–Crippen LogP) is 2.07. The monoisotopic (exact) mass is 294 g/mol. The molecule has 1 N–H and O–H groups in total. The lowest BCUT2D eigenvalue weighted by Crippen LogP contribution is -2.13. The van der Waals surface area contributed by atoms with Crippen molar-refractivity contribution in [3.63, 3.8) is 0 Å². The third-order valence-corrected chi connectivity index (χ3v) is 2.96. The largest absolute Gasteiger partial charge is 0.311 e. The van der Waals surface area contributed by atoms with Gasteiger partial charge in [-0.3, -0.25) is 9.78 Å². The summed E-state index contributed by atoms with van der Waals surface area (Å²) in [5.74, 6) is 1.38. The van der Waals surface area contributed by atoms with Crippen LogP contribution >= 0.6 is 0 Å². The van der Waals surface area contributed by atoms with Crippen molar-refractivity contribution in [3.8, 4) is 17.2 Å². The number of anilines is 1. The van der Waals surface area contributed by atoms with E-state index >= 15 is 0 Å². The number of carbonyl (C=O) groups is 1. The van der Waals surface area contributed by atoms with Crippen LogP contribution in [0.25, 0.3) is 17.2 Å². The molecule has 3 heterocycles. The zero-order valence-electron chi connectivity index (χ0n) is 12.0. The van der Waals surface area contributed by atoms with Crippen molar-refractivity contribution >= 4 is 11.7 Å². The van der Waals surface area contributed by atoms with E-state index in [0.29, 0.717) is 23.9 Å². The second-order valence-electron chi connectivity index (χ2n) is 4.53. The molecule has 3 aromatic heterocycles. The summed E-state index contributed by atoms with van der Waals surface area (Å²) < 4.78 is 1.61. The number of nitrogens with zero attached hydrogens (tertiary/aromatic N) is 5. The maximum atomic E-state index is 11.6. The van der Waals surface area contributed by atoms with E-state index in [1.165, 1.54) is 0 Å². The summed E-state index contributed by atoms with van der Waals surface area (Å²) in [6, 6.07) is 7.15. The first-order valence-electron chi connectivity index (χ1n) is 6.85. The highest BCUT2D eigenvalue weighted by Crippen LogP contribution is 2.18. The first kappa shape index (κ1) is 13.9. The number of aromatic nitrogens is 5. The Bertz CT molecular complexity index is 770. The fourth-order valence-corrected chi connectivity index (χ4v) is 1.88. The van der Waals surface area contributed by atoms with Gasteiger partial charge in [0.1, 0.15) is 5.82 Å². The lowest BCUT2D eigenvalue weighted by atomic mass is 10.2. The van der Waals surface area contributed by atoms with Crippen molar-refractivity contribution < 1.29 is 4.79 Å². The molecule has 0 bridgehead atoms. The quantitative estimate of drug-likeness (QED) is 0.796.